The number of piperazine rings is 1. The molecule has 9 atom stereocenters. The number of aromatic hydroxyl groups is 1. The number of hydrazone groups is 1. The molecule has 0 radical (unpaired) electrons. The van der Waals surface area contributed by atoms with Gasteiger partial charge in [-0.25, -0.2) is 0 Å². The van der Waals surface area contributed by atoms with Gasteiger partial charge in [0.1, 0.15) is 23.3 Å². The Morgan fingerprint density at radius 3 is 2.24 bits per heavy atom. The van der Waals surface area contributed by atoms with E-state index in [1.807, 2.05) is 7.05 Å². The minimum absolute atomic E-state index is 0.0118. The lowest BCUT2D eigenvalue weighted by Gasteiger charge is -2.38. The molecule has 0 aromatic heterocycles. The topological polar surface area (TPSA) is 214 Å². The second kappa shape index (κ2) is 18.0. The highest BCUT2D eigenvalue weighted by molar-refractivity contribution is 6.37. The first-order valence-electron chi connectivity index (χ1n) is 19.7. The number of ketones is 3. The first-order chi connectivity index (χ1) is 27.7. The lowest BCUT2D eigenvalue weighted by Crippen LogP contribution is -2.46. The molecule has 1 aliphatic carbocycles. The maximum absolute atomic E-state index is 14.6. The van der Waals surface area contributed by atoms with Crippen molar-refractivity contribution < 1.29 is 58.2 Å². The summed E-state index contributed by atoms with van der Waals surface area (Å²) in [4.78, 5) is 71.6. The highest BCUT2D eigenvalue weighted by atomic mass is 16.7. The minimum atomic E-state index is -2.09. The summed E-state index contributed by atoms with van der Waals surface area (Å²) in [5.41, 5.74) is -1.82. The zero-order valence-electron chi connectivity index (χ0n) is 35.3. The summed E-state index contributed by atoms with van der Waals surface area (Å²) in [6.45, 7) is 14.8. The van der Waals surface area contributed by atoms with E-state index in [9.17, 15) is 39.3 Å². The van der Waals surface area contributed by atoms with Crippen molar-refractivity contribution in [3.63, 3.8) is 0 Å². The molecule has 8 unspecified atom stereocenters. The lowest BCUT2D eigenvalue weighted by molar-refractivity contribution is -0.160. The minimum Gasteiger partial charge on any atom is -0.507 e. The molecule has 16 nitrogen and oxygen atoms in total. The van der Waals surface area contributed by atoms with Gasteiger partial charge in [0.05, 0.1) is 53.1 Å². The van der Waals surface area contributed by atoms with Crippen molar-refractivity contribution in [2.24, 2.45) is 28.8 Å². The Balaban J connectivity index is 1.66. The molecule has 4 aliphatic heterocycles. The average Bonchev–Trinajstić information content (AvgIpc) is 3.46. The average molecular weight is 821 g/mol. The zero-order valence-corrected chi connectivity index (χ0v) is 35.3. The van der Waals surface area contributed by atoms with Gasteiger partial charge >= 0.3 is 11.8 Å². The van der Waals surface area contributed by atoms with Gasteiger partial charge in [-0.2, -0.15) is 5.10 Å². The van der Waals surface area contributed by atoms with Crippen molar-refractivity contribution in [1.82, 2.24) is 15.2 Å². The number of phenolic OH excluding ortho intramolecular Hbond substituents is 1. The Hall–Kier alpha value is -5.16. The number of carbonyl (C=O) groups excluding carboxylic acids is 5. The van der Waals surface area contributed by atoms with Crippen LogP contribution in [0.25, 0.3) is 0 Å². The van der Waals surface area contributed by atoms with E-state index in [2.05, 4.69) is 15.3 Å². The van der Waals surface area contributed by atoms with E-state index in [0.717, 1.165) is 0 Å². The van der Waals surface area contributed by atoms with Gasteiger partial charge in [-0.3, -0.25) is 29.0 Å². The number of nitrogens with one attached hydrogen (secondary N) is 1. The highest BCUT2D eigenvalue weighted by Crippen LogP contribution is 2.48. The van der Waals surface area contributed by atoms with Crippen molar-refractivity contribution >= 4 is 35.4 Å². The van der Waals surface area contributed by atoms with Crippen LogP contribution >= 0.6 is 0 Å². The van der Waals surface area contributed by atoms with Crippen molar-refractivity contribution in [2.75, 3.05) is 40.3 Å². The fourth-order valence-electron chi connectivity index (χ4n) is 7.89. The third-order valence-electron chi connectivity index (χ3n) is 11.8. The Kier molecular flexibility index (Phi) is 13.7. The van der Waals surface area contributed by atoms with Gasteiger partial charge < -0.3 is 44.5 Å². The number of carbonyl (C=O) groups is 5. The largest absolute Gasteiger partial charge is 0.507 e. The third-order valence-corrected chi connectivity index (χ3v) is 11.8. The smallest absolute Gasteiger partial charge is 0.312 e. The van der Waals surface area contributed by atoms with Gasteiger partial charge in [-0.05, 0) is 27.0 Å². The summed E-state index contributed by atoms with van der Waals surface area (Å²) in [5, 5.41) is 43.1. The molecular formula is C43H56N4O12. The third kappa shape index (κ3) is 8.91. The van der Waals surface area contributed by atoms with Crippen molar-refractivity contribution in [3.8, 4) is 11.5 Å². The number of hydrogen-bond donors (Lipinski definition) is 4. The molecule has 0 spiro atoms. The van der Waals surface area contributed by atoms with Gasteiger partial charge in [0.15, 0.2) is 5.78 Å². The highest BCUT2D eigenvalue weighted by Gasteiger charge is 2.52. The second-order valence-corrected chi connectivity index (χ2v) is 16.1. The van der Waals surface area contributed by atoms with Gasteiger partial charge in [-0.1, -0.05) is 45.9 Å². The van der Waals surface area contributed by atoms with E-state index in [1.165, 1.54) is 59.4 Å². The summed E-state index contributed by atoms with van der Waals surface area (Å²) in [6, 6.07) is 0. The number of allylic oxidation sites excluding steroid dienone is 4. The van der Waals surface area contributed by atoms with Crippen LogP contribution in [0.2, 0.25) is 0 Å². The van der Waals surface area contributed by atoms with E-state index in [4.69, 9.17) is 18.9 Å². The molecule has 1 amide bonds. The van der Waals surface area contributed by atoms with E-state index in [0.29, 0.717) is 26.2 Å². The van der Waals surface area contributed by atoms with Gasteiger partial charge in [0.25, 0.3) is 11.7 Å². The van der Waals surface area contributed by atoms with E-state index in [1.54, 1.807) is 44.9 Å². The summed E-state index contributed by atoms with van der Waals surface area (Å²) in [7, 11) is 3.39. The van der Waals surface area contributed by atoms with E-state index >= 15 is 0 Å². The molecule has 5 bridgehead atoms. The number of aliphatic hydroxyl groups is 2. The monoisotopic (exact) mass is 820 g/mol. The number of likely N-dealkylation sites (N-methyl/N-ethyl adjacent to an activating group) is 1. The Morgan fingerprint density at radius 1 is 0.949 bits per heavy atom. The number of benzene rings is 1. The summed E-state index contributed by atoms with van der Waals surface area (Å²) in [5.74, 6) is -9.34. The normalized spacial score (nSPS) is 31.3. The quantitative estimate of drug-likeness (QED) is 0.254. The van der Waals surface area contributed by atoms with Gasteiger partial charge in [-0.15, -0.1) is 0 Å². The summed E-state index contributed by atoms with van der Waals surface area (Å²) in [6.07, 6.45) is 4.56. The Bertz CT molecular complexity index is 2030. The maximum atomic E-state index is 14.6. The number of nitrogens with zero attached hydrogens (tertiary/aromatic N) is 3. The van der Waals surface area contributed by atoms with Crippen LogP contribution in [0.5, 0.6) is 11.5 Å². The Morgan fingerprint density at radius 2 is 1.61 bits per heavy atom. The zero-order chi connectivity index (χ0) is 43.7. The number of hydrogen-bond acceptors (Lipinski definition) is 15. The number of rotatable bonds is 4. The molecule has 5 aliphatic rings. The molecule has 0 saturated carbocycles. The van der Waals surface area contributed by atoms with Crippen LogP contribution in [0, 0.1) is 30.6 Å². The van der Waals surface area contributed by atoms with Crippen LogP contribution in [0.3, 0.4) is 0 Å². The van der Waals surface area contributed by atoms with E-state index in [-0.39, 0.29) is 28.0 Å². The molecular weight excluding hydrogens is 764 g/mol. The van der Waals surface area contributed by atoms with E-state index < -0.39 is 106 Å². The number of amides is 1. The lowest BCUT2D eigenvalue weighted by atomic mass is 9.78. The molecule has 6 rings (SSSR count). The number of Topliss-reactive ketones (excluding diaryl/α,β-unsaturated/α-hetero) is 3. The van der Waals surface area contributed by atoms with Crippen molar-refractivity contribution in [2.45, 2.75) is 85.6 Å². The molecule has 59 heavy (non-hydrogen) atoms. The predicted octanol–water partition coefficient (Wildman–Crippen LogP) is 3.23. The van der Waals surface area contributed by atoms with Gasteiger partial charge in [0, 0.05) is 81.9 Å². The molecule has 16 heteroatoms. The van der Waals surface area contributed by atoms with Crippen LogP contribution in [-0.4, -0.2) is 131 Å². The first-order valence-corrected chi connectivity index (χ1v) is 19.7. The summed E-state index contributed by atoms with van der Waals surface area (Å²) >= 11 is 0. The standard InChI is InChI=1S/C43H56N4O12/c1-21-12-11-13-22(2)42(55)45-33-28(20-44-47-17-15-46(9)16-18-47)37(52)30-31(38(33)53)36(51)26(6)40-32(30)41(54)43(8,59-40)57-19-14-29(56-10)23(3)39(58-27(7)48)25(5)35(50)24(4)34(21)49/h11-14,19-21,23-25,29,34-35,39,49-51H,15-18H2,1-10H3,(H,45,55)/t21?,23?,24?,25?,29?,34?,35?,39?,43-/m0/s1. The van der Waals surface area contributed by atoms with Crippen LogP contribution < -0.4 is 10.1 Å². The molecule has 4 heterocycles. The number of ether oxygens (including phenoxy) is 4. The van der Waals surface area contributed by atoms with Crippen molar-refractivity contribution in [1.29, 1.82) is 0 Å². The van der Waals surface area contributed by atoms with Crippen LogP contribution in [-0.2, 0) is 23.8 Å². The Labute approximate surface area is 344 Å². The molecule has 1 aromatic rings. The first kappa shape index (κ1) is 44.9. The molecule has 4 N–H and O–H groups in total. The summed E-state index contributed by atoms with van der Waals surface area (Å²) < 4.78 is 23.5. The molecule has 320 valence electrons. The molecule has 1 saturated heterocycles. The van der Waals surface area contributed by atoms with Crippen LogP contribution in [0.15, 0.2) is 52.5 Å². The number of methoxy groups -OCH3 is 1. The maximum Gasteiger partial charge on any atom is 0.312 e. The predicted molar refractivity (Wildman–Crippen MR) is 216 cm³/mol. The van der Waals surface area contributed by atoms with Crippen LogP contribution in [0.1, 0.15) is 85.1 Å². The van der Waals surface area contributed by atoms with Crippen molar-refractivity contribution in [3.05, 3.63) is 69.7 Å². The molecule has 1 aromatic carbocycles. The fourth-order valence-corrected chi connectivity index (χ4v) is 7.89. The number of phenols is 1. The molecule has 1 fully saturated rings. The number of fused-ring (bicyclic) bond motifs is 14. The number of esters is 1. The number of aliphatic hydroxyl groups excluding tert-OH is 2. The fraction of sp³-hybridized carbons (Fsp3) is 0.535. The second-order valence-electron chi connectivity index (χ2n) is 16.1. The van der Waals surface area contributed by atoms with Crippen LogP contribution in [0.4, 0.5) is 0 Å². The van der Waals surface area contributed by atoms with Gasteiger partial charge in [0.2, 0.25) is 5.78 Å². The SMILES string of the molecule is COC1C=CO[C@@]2(C)Oc3c(C)c(O)c4c(c3C2=O)C(=O)C(C=NN2CCN(C)CC2)=C(NC(=O)C(C)=CC=CC(C)C(O)C(C)C(O)C(C)C(OC(C)=O)C1C)C4=O.